The number of hydrazone groups is 1. The predicted octanol–water partition coefficient (Wildman–Crippen LogP) is 7.29. The van der Waals surface area contributed by atoms with Crippen molar-refractivity contribution in [1.29, 1.82) is 0 Å². The predicted molar refractivity (Wildman–Crippen MR) is 127 cm³/mol. The van der Waals surface area contributed by atoms with Crippen LogP contribution in [0.25, 0.3) is 6.08 Å². The van der Waals surface area contributed by atoms with Crippen molar-refractivity contribution in [3.8, 4) is 5.75 Å². The number of anilines is 1. The van der Waals surface area contributed by atoms with E-state index in [0.29, 0.717) is 26.9 Å². The van der Waals surface area contributed by atoms with Gasteiger partial charge in [-0.05, 0) is 68.1 Å². The average molecular weight is 616 g/mol. The number of amides is 1. The van der Waals surface area contributed by atoms with Crippen LogP contribution in [0.4, 0.5) is 27.6 Å². The van der Waals surface area contributed by atoms with E-state index in [0.717, 1.165) is 5.56 Å². The first-order valence-electron chi connectivity index (χ1n) is 9.89. The van der Waals surface area contributed by atoms with Crippen LogP contribution in [0, 0.1) is 29.1 Å². The molecule has 4 rings (SSSR count). The fraction of sp³-hybridized carbons (Fsp3) is 0.0833. The molecule has 1 aliphatic heterocycles. The number of hydrogen-bond acceptors (Lipinski definition) is 3. The van der Waals surface area contributed by atoms with Gasteiger partial charge in [0.25, 0.3) is 5.91 Å². The summed E-state index contributed by atoms with van der Waals surface area (Å²) < 4.78 is 76.1. The van der Waals surface area contributed by atoms with Crippen molar-refractivity contribution in [3.05, 3.63) is 97.2 Å². The molecule has 0 saturated carbocycles. The molecule has 0 N–H and O–H groups in total. The van der Waals surface area contributed by atoms with Crippen LogP contribution >= 0.6 is 31.9 Å². The van der Waals surface area contributed by atoms with E-state index in [2.05, 4.69) is 37.0 Å². The SMILES string of the molecule is CC1=NN(c2c(F)c(F)c(F)c(F)c2F)C(=O)/C1=C/c1cc(Br)c(OCc2ccccc2)c(Br)c1. The number of hydrogen-bond donors (Lipinski definition) is 0. The van der Waals surface area contributed by atoms with Crippen LogP contribution in [0.5, 0.6) is 5.75 Å². The normalized spacial score (nSPS) is 14.6. The number of halogens is 7. The van der Waals surface area contributed by atoms with E-state index in [4.69, 9.17) is 4.74 Å². The minimum atomic E-state index is -2.32. The highest BCUT2D eigenvalue weighted by atomic mass is 79.9. The molecule has 3 aromatic rings. The zero-order valence-corrected chi connectivity index (χ0v) is 20.9. The highest BCUT2D eigenvalue weighted by Gasteiger charge is 2.37. The first kappa shape index (κ1) is 25.1. The number of benzene rings is 3. The minimum absolute atomic E-state index is 0.0237. The Morgan fingerprint density at radius 2 is 1.46 bits per heavy atom. The van der Waals surface area contributed by atoms with Crippen molar-refractivity contribution < 1.29 is 31.5 Å². The van der Waals surface area contributed by atoms with Crippen molar-refractivity contribution >= 4 is 55.2 Å². The first-order valence-corrected chi connectivity index (χ1v) is 11.5. The molecule has 3 aromatic carbocycles. The van der Waals surface area contributed by atoms with Crippen molar-refractivity contribution in [3.63, 3.8) is 0 Å². The van der Waals surface area contributed by atoms with E-state index < -0.39 is 40.7 Å². The Morgan fingerprint density at radius 1 is 0.914 bits per heavy atom. The highest BCUT2D eigenvalue weighted by molar-refractivity contribution is 9.11. The Hall–Kier alpha value is -3.05. The molecular weight excluding hydrogens is 603 g/mol. The maximum absolute atomic E-state index is 14.2. The molecule has 1 heterocycles. The first-order chi connectivity index (χ1) is 16.6. The third-order valence-electron chi connectivity index (χ3n) is 5.02. The maximum Gasteiger partial charge on any atom is 0.280 e. The van der Waals surface area contributed by atoms with Gasteiger partial charge in [-0.2, -0.15) is 10.1 Å². The molecular formula is C24H13Br2F5N2O2. The number of rotatable bonds is 5. The molecule has 1 aliphatic rings. The summed E-state index contributed by atoms with van der Waals surface area (Å²) in [5.41, 5.74) is -0.0791. The molecule has 0 atom stereocenters. The minimum Gasteiger partial charge on any atom is -0.487 e. The Bertz CT molecular complexity index is 1360. The fourth-order valence-corrected chi connectivity index (χ4v) is 4.76. The van der Waals surface area contributed by atoms with Gasteiger partial charge < -0.3 is 4.74 Å². The molecule has 11 heteroatoms. The Labute approximate surface area is 213 Å². The van der Waals surface area contributed by atoms with Gasteiger partial charge in [-0.25, -0.2) is 22.0 Å². The summed E-state index contributed by atoms with van der Waals surface area (Å²) in [6.07, 6.45) is 1.38. The zero-order valence-electron chi connectivity index (χ0n) is 17.7. The van der Waals surface area contributed by atoms with Crippen LogP contribution in [0.3, 0.4) is 0 Å². The van der Waals surface area contributed by atoms with E-state index in [1.807, 2.05) is 30.3 Å². The summed E-state index contributed by atoms with van der Waals surface area (Å²) >= 11 is 6.83. The van der Waals surface area contributed by atoms with Gasteiger partial charge in [0.05, 0.1) is 20.2 Å². The molecule has 1 amide bonds. The second-order valence-electron chi connectivity index (χ2n) is 7.37. The average Bonchev–Trinajstić information content (AvgIpc) is 3.10. The lowest BCUT2D eigenvalue weighted by atomic mass is 10.1. The van der Waals surface area contributed by atoms with Crippen molar-refractivity contribution in [2.75, 3.05) is 5.01 Å². The summed E-state index contributed by atoms with van der Waals surface area (Å²) in [5, 5.41) is 3.89. The Morgan fingerprint density at radius 3 is 2.03 bits per heavy atom. The standard InChI is InChI=1S/C24H13Br2F5N2O2/c1-11-14(24(34)33(32-11)22-20(30)18(28)17(27)19(29)21(22)31)7-13-8-15(25)23(16(26)9-13)35-10-12-5-3-2-4-6-12/h2-9H,10H2,1H3/b14-7+. The van der Waals surface area contributed by atoms with Crippen LogP contribution in [0.15, 0.2) is 62.1 Å². The summed E-state index contributed by atoms with van der Waals surface area (Å²) in [5.74, 6) is -11.5. The molecule has 180 valence electrons. The molecule has 0 aliphatic carbocycles. The van der Waals surface area contributed by atoms with Gasteiger partial charge in [-0.15, -0.1) is 0 Å². The molecule has 0 bridgehead atoms. The van der Waals surface area contributed by atoms with Crippen LogP contribution in [-0.2, 0) is 11.4 Å². The van der Waals surface area contributed by atoms with Gasteiger partial charge in [0.15, 0.2) is 23.3 Å². The largest absolute Gasteiger partial charge is 0.487 e. The number of carbonyl (C=O) groups excluding carboxylic acids is 1. The van der Waals surface area contributed by atoms with Crippen LogP contribution in [0.2, 0.25) is 0 Å². The Balaban J connectivity index is 1.64. The van der Waals surface area contributed by atoms with Crippen molar-refractivity contribution in [2.45, 2.75) is 13.5 Å². The monoisotopic (exact) mass is 614 g/mol. The number of nitrogens with zero attached hydrogens (tertiary/aromatic N) is 2. The summed E-state index contributed by atoms with van der Waals surface area (Å²) in [6, 6.07) is 12.8. The summed E-state index contributed by atoms with van der Waals surface area (Å²) in [4.78, 5) is 12.9. The molecule has 35 heavy (non-hydrogen) atoms. The maximum atomic E-state index is 14.2. The van der Waals surface area contributed by atoms with E-state index >= 15 is 0 Å². The zero-order chi connectivity index (χ0) is 25.4. The van der Waals surface area contributed by atoms with E-state index in [1.54, 1.807) is 12.1 Å². The van der Waals surface area contributed by atoms with Gasteiger partial charge in [0.1, 0.15) is 18.0 Å². The molecule has 0 fully saturated rings. The summed E-state index contributed by atoms with van der Waals surface area (Å²) in [7, 11) is 0. The fourth-order valence-electron chi connectivity index (χ4n) is 3.31. The molecule has 0 spiro atoms. The number of carbonyl (C=O) groups is 1. The smallest absolute Gasteiger partial charge is 0.280 e. The second kappa shape index (κ2) is 9.90. The quantitative estimate of drug-likeness (QED) is 0.131. The van der Waals surface area contributed by atoms with Crippen LogP contribution in [0.1, 0.15) is 18.1 Å². The third-order valence-corrected chi connectivity index (χ3v) is 6.20. The second-order valence-corrected chi connectivity index (χ2v) is 9.08. The van der Waals surface area contributed by atoms with Crippen molar-refractivity contribution in [2.24, 2.45) is 5.10 Å². The molecule has 0 radical (unpaired) electrons. The lowest BCUT2D eigenvalue weighted by molar-refractivity contribution is -0.114. The van der Waals surface area contributed by atoms with E-state index in [9.17, 15) is 26.7 Å². The van der Waals surface area contributed by atoms with Crippen LogP contribution < -0.4 is 9.75 Å². The topological polar surface area (TPSA) is 41.9 Å². The highest BCUT2D eigenvalue weighted by Crippen LogP contribution is 2.37. The van der Waals surface area contributed by atoms with Gasteiger partial charge in [0, 0.05) is 0 Å². The lowest BCUT2D eigenvalue weighted by Crippen LogP contribution is -2.25. The Kier molecular flexibility index (Phi) is 7.09. The summed E-state index contributed by atoms with van der Waals surface area (Å²) in [6.45, 7) is 1.68. The molecule has 0 aromatic heterocycles. The van der Waals surface area contributed by atoms with Crippen molar-refractivity contribution in [1.82, 2.24) is 0 Å². The number of ether oxygens (including phenoxy) is 1. The van der Waals surface area contributed by atoms with Gasteiger partial charge in [0.2, 0.25) is 5.82 Å². The molecule has 4 nitrogen and oxygen atoms in total. The molecule has 0 unspecified atom stereocenters. The molecule has 0 saturated heterocycles. The van der Waals surface area contributed by atoms with Gasteiger partial charge in [-0.3, -0.25) is 4.79 Å². The van der Waals surface area contributed by atoms with Crippen LogP contribution in [-0.4, -0.2) is 11.6 Å². The van der Waals surface area contributed by atoms with Gasteiger partial charge in [-0.1, -0.05) is 30.3 Å². The third kappa shape index (κ3) is 4.74. The van der Waals surface area contributed by atoms with E-state index in [1.165, 1.54) is 13.0 Å². The lowest BCUT2D eigenvalue weighted by Gasteiger charge is -2.15. The van der Waals surface area contributed by atoms with Gasteiger partial charge >= 0.3 is 0 Å². The van der Waals surface area contributed by atoms with E-state index in [-0.39, 0.29) is 16.3 Å².